The molecular weight excluding hydrogens is 356 g/mol. The van der Waals surface area contributed by atoms with E-state index in [1.807, 2.05) is 49.4 Å². The molecule has 1 saturated heterocycles. The minimum absolute atomic E-state index is 0.161. The molecule has 142 valence electrons. The van der Waals surface area contributed by atoms with Crippen molar-refractivity contribution in [2.75, 3.05) is 6.54 Å². The quantitative estimate of drug-likeness (QED) is 0.756. The van der Waals surface area contributed by atoms with Crippen molar-refractivity contribution < 1.29 is 14.7 Å². The monoisotopic (exact) mass is 376 g/mol. The molecule has 2 atom stereocenters. The van der Waals surface area contributed by atoms with Gasteiger partial charge < -0.3 is 10.0 Å². The molecule has 7 nitrogen and oxygen atoms in total. The van der Waals surface area contributed by atoms with Gasteiger partial charge in [0, 0.05) is 12.1 Å². The fourth-order valence-corrected chi connectivity index (χ4v) is 3.89. The molecule has 1 amide bonds. The molecule has 0 saturated carbocycles. The Morgan fingerprint density at radius 2 is 1.93 bits per heavy atom. The average Bonchev–Trinajstić information content (AvgIpc) is 3.38. The fourth-order valence-electron chi connectivity index (χ4n) is 3.89. The number of benzene rings is 2. The average molecular weight is 376 g/mol. The van der Waals surface area contributed by atoms with Gasteiger partial charge in [0.2, 0.25) is 0 Å². The van der Waals surface area contributed by atoms with Gasteiger partial charge in [0.15, 0.2) is 0 Å². The second-order valence-corrected chi connectivity index (χ2v) is 6.93. The van der Waals surface area contributed by atoms with Gasteiger partial charge in [-0.2, -0.15) is 5.10 Å². The van der Waals surface area contributed by atoms with Gasteiger partial charge in [0.05, 0.1) is 17.6 Å². The molecule has 1 aromatic heterocycles. The van der Waals surface area contributed by atoms with Crippen LogP contribution in [-0.2, 0) is 4.79 Å². The number of rotatable bonds is 4. The molecule has 0 bridgehead atoms. The van der Waals surface area contributed by atoms with E-state index in [9.17, 15) is 14.7 Å². The van der Waals surface area contributed by atoms with E-state index in [2.05, 4.69) is 10.1 Å². The van der Waals surface area contributed by atoms with Crippen LogP contribution in [0.1, 0.15) is 33.9 Å². The van der Waals surface area contributed by atoms with E-state index >= 15 is 0 Å². The molecule has 0 spiro atoms. The standard InChI is InChI=1S/C21H20N4O3/c1-14-11-16(7-8-18(14)25-13-22-12-23-25)20(26)24-10-9-17(21(27)28)19(24)15-5-3-2-4-6-15/h2-8,11-13,17,19H,9-10H2,1H3,(H,27,28). The molecule has 4 rings (SSSR count). The molecule has 1 aliphatic heterocycles. The third-order valence-electron chi connectivity index (χ3n) is 5.23. The number of aliphatic carboxylic acids is 1. The summed E-state index contributed by atoms with van der Waals surface area (Å²) in [7, 11) is 0. The molecule has 1 fully saturated rings. The molecule has 0 aliphatic carbocycles. The Bertz CT molecular complexity index is 1000. The number of hydrogen-bond donors (Lipinski definition) is 1. The number of carboxylic acids is 1. The van der Waals surface area contributed by atoms with E-state index < -0.39 is 17.9 Å². The zero-order chi connectivity index (χ0) is 19.7. The van der Waals surface area contributed by atoms with Crippen LogP contribution < -0.4 is 0 Å². The Morgan fingerprint density at radius 3 is 2.57 bits per heavy atom. The number of likely N-dealkylation sites (tertiary alicyclic amines) is 1. The highest BCUT2D eigenvalue weighted by Crippen LogP contribution is 2.38. The highest BCUT2D eigenvalue weighted by atomic mass is 16.4. The van der Waals surface area contributed by atoms with Gasteiger partial charge in [-0.3, -0.25) is 9.59 Å². The van der Waals surface area contributed by atoms with Crippen molar-refractivity contribution in [3.8, 4) is 5.69 Å². The molecule has 2 heterocycles. The van der Waals surface area contributed by atoms with Gasteiger partial charge in [-0.15, -0.1) is 0 Å². The van der Waals surface area contributed by atoms with Crippen LogP contribution in [-0.4, -0.2) is 43.2 Å². The number of carbonyl (C=O) groups excluding carboxylic acids is 1. The number of aryl methyl sites for hydroxylation is 1. The van der Waals surface area contributed by atoms with Crippen LogP contribution in [0.2, 0.25) is 0 Å². The summed E-state index contributed by atoms with van der Waals surface area (Å²) >= 11 is 0. The maximum atomic E-state index is 13.2. The number of carboxylic acid groups (broad SMARTS) is 1. The maximum absolute atomic E-state index is 13.2. The molecule has 2 aromatic carbocycles. The summed E-state index contributed by atoms with van der Waals surface area (Å²) in [5.74, 6) is -1.64. The number of hydrogen-bond acceptors (Lipinski definition) is 4. The molecule has 1 N–H and O–H groups in total. The molecule has 2 unspecified atom stereocenters. The van der Waals surface area contributed by atoms with E-state index in [4.69, 9.17) is 0 Å². The third kappa shape index (κ3) is 3.15. The summed E-state index contributed by atoms with van der Waals surface area (Å²) in [6.07, 6.45) is 3.50. The summed E-state index contributed by atoms with van der Waals surface area (Å²) in [6, 6.07) is 14.3. The molecule has 7 heteroatoms. The van der Waals surface area contributed by atoms with Crippen molar-refractivity contribution in [3.05, 3.63) is 77.9 Å². The molecular formula is C21H20N4O3. The Morgan fingerprint density at radius 1 is 1.14 bits per heavy atom. The Kier molecular flexibility index (Phi) is 4.65. The van der Waals surface area contributed by atoms with Gasteiger partial charge in [0.25, 0.3) is 5.91 Å². The Labute approximate surface area is 162 Å². The molecule has 3 aromatic rings. The summed E-state index contributed by atoms with van der Waals surface area (Å²) in [5.41, 5.74) is 3.12. The minimum atomic E-state index is -0.873. The van der Waals surface area contributed by atoms with Crippen LogP contribution in [0.4, 0.5) is 0 Å². The van der Waals surface area contributed by atoms with Crippen molar-refractivity contribution in [2.45, 2.75) is 19.4 Å². The lowest BCUT2D eigenvalue weighted by atomic mass is 9.93. The number of amides is 1. The summed E-state index contributed by atoms with van der Waals surface area (Å²) in [6.45, 7) is 2.33. The van der Waals surface area contributed by atoms with Crippen LogP contribution in [0.15, 0.2) is 61.2 Å². The van der Waals surface area contributed by atoms with E-state index in [1.54, 1.807) is 22.0 Å². The first-order chi connectivity index (χ1) is 13.6. The van der Waals surface area contributed by atoms with Crippen LogP contribution >= 0.6 is 0 Å². The summed E-state index contributed by atoms with van der Waals surface area (Å²) in [5, 5.41) is 13.8. The van der Waals surface area contributed by atoms with Gasteiger partial charge >= 0.3 is 5.97 Å². The molecule has 0 radical (unpaired) electrons. The van der Waals surface area contributed by atoms with Crippen molar-refractivity contribution >= 4 is 11.9 Å². The lowest BCUT2D eigenvalue weighted by molar-refractivity contribution is -0.142. The lowest BCUT2D eigenvalue weighted by Gasteiger charge is -2.27. The van der Waals surface area contributed by atoms with Crippen molar-refractivity contribution in [3.63, 3.8) is 0 Å². The smallest absolute Gasteiger partial charge is 0.309 e. The topological polar surface area (TPSA) is 88.3 Å². The van der Waals surface area contributed by atoms with Crippen molar-refractivity contribution in [2.24, 2.45) is 5.92 Å². The second-order valence-electron chi connectivity index (χ2n) is 6.93. The number of nitrogens with zero attached hydrogens (tertiary/aromatic N) is 4. The zero-order valence-corrected chi connectivity index (χ0v) is 15.4. The van der Waals surface area contributed by atoms with E-state index in [0.717, 1.165) is 16.8 Å². The van der Waals surface area contributed by atoms with Crippen molar-refractivity contribution in [1.82, 2.24) is 19.7 Å². The zero-order valence-electron chi connectivity index (χ0n) is 15.4. The highest BCUT2D eigenvalue weighted by Gasteiger charge is 2.42. The minimum Gasteiger partial charge on any atom is -0.481 e. The fraction of sp³-hybridized carbons (Fsp3) is 0.238. The van der Waals surface area contributed by atoms with Crippen LogP contribution in [0.5, 0.6) is 0 Å². The van der Waals surface area contributed by atoms with E-state index in [-0.39, 0.29) is 5.91 Å². The SMILES string of the molecule is Cc1cc(C(=O)N2CCC(C(=O)O)C2c2ccccc2)ccc1-n1cncn1. The van der Waals surface area contributed by atoms with Crippen molar-refractivity contribution in [1.29, 1.82) is 0 Å². The molecule has 1 aliphatic rings. The Balaban J connectivity index is 1.67. The van der Waals surface area contributed by atoms with E-state index in [1.165, 1.54) is 6.33 Å². The third-order valence-corrected chi connectivity index (χ3v) is 5.23. The number of carbonyl (C=O) groups is 2. The maximum Gasteiger partial charge on any atom is 0.309 e. The van der Waals surface area contributed by atoms with Gasteiger partial charge in [-0.05, 0) is 42.7 Å². The van der Waals surface area contributed by atoms with Gasteiger partial charge in [-0.25, -0.2) is 9.67 Å². The summed E-state index contributed by atoms with van der Waals surface area (Å²) < 4.78 is 1.65. The van der Waals surface area contributed by atoms with Crippen LogP contribution in [0.25, 0.3) is 5.69 Å². The Hall–Kier alpha value is -3.48. The lowest BCUT2D eigenvalue weighted by Crippen LogP contribution is -2.33. The predicted octanol–water partition coefficient (Wildman–Crippen LogP) is 2.86. The molecule has 28 heavy (non-hydrogen) atoms. The normalized spacial score (nSPS) is 19.0. The predicted molar refractivity (Wildman–Crippen MR) is 102 cm³/mol. The van der Waals surface area contributed by atoms with Gasteiger partial charge in [0.1, 0.15) is 12.7 Å². The number of aromatic nitrogens is 3. The van der Waals surface area contributed by atoms with Crippen LogP contribution in [0, 0.1) is 12.8 Å². The van der Waals surface area contributed by atoms with Crippen LogP contribution in [0.3, 0.4) is 0 Å². The first kappa shape index (κ1) is 17.9. The summed E-state index contributed by atoms with van der Waals surface area (Å²) in [4.78, 5) is 30.6. The largest absolute Gasteiger partial charge is 0.481 e. The van der Waals surface area contributed by atoms with E-state index in [0.29, 0.717) is 18.5 Å². The first-order valence-electron chi connectivity index (χ1n) is 9.10. The van der Waals surface area contributed by atoms with Gasteiger partial charge in [-0.1, -0.05) is 30.3 Å². The second kappa shape index (κ2) is 7.26. The first-order valence-corrected chi connectivity index (χ1v) is 9.10. The highest BCUT2D eigenvalue weighted by molar-refractivity contribution is 5.95.